The zero-order valence-corrected chi connectivity index (χ0v) is 8.03. The summed E-state index contributed by atoms with van der Waals surface area (Å²) in [5.41, 5.74) is 2.71. The average Bonchev–Trinajstić information content (AvgIpc) is 2.39. The van der Waals surface area contributed by atoms with Gasteiger partial charge in [-0.05, 0) is 12.8 Å². The molecule has 0 N–H and O–H groups in total. The summed E-state index contributed by atoms with van der Waals surface area (Å²) in [6.45, 7) is 6.22. The molecular weight excluding hydrogens is 164 g/mol. The van der Waals surface area contributed by atoms with Crippen LogP contribution in [-0.2, 0) is 0 Å². The van der Waals surface area contributed by atoms with E-state index in [1.807, 2.05) is 6.92 Å². The summed E-state index contributed by atoms with van der Waals surface area (Å²) >= 11 is 0. The summed E-state index contributed by atoms with van der Waals surface area (Å²) in [6, 6.07) is 0. The van der Waals surface area contributed by atoms with E-state index in [0.717, 1.165) is 11.3 Å². The summed E-state index contributed by atoms with van der Waals surface area (Å²) in [4.78, 5) is 8.38. The van der Waals surface area contributed by atoms with Gasteiger partial charge in [0.1, 0.15) is 11.3 Å². The molecule has 0 aliphatic heterocycles. The fourth-order valence-electron chi connectivity index (χ4n) is 1.63. The van der Waals surface area contributed by atoms with Crippen molar-refractivity contribution in [2.75, 3.05) is 0 Å². The second kappa shape index (κ2) is 2.83. The smallest absolute Gasteiger partial charge is 0.245 e. The number of hydrogen-bond donors (Lipinski definition) is 0. The van der Waals surface area contributed by atoms with Gasteiger partial charge >= 0.3 is 0 Å². The van der Waals surface area contributed by atoms with E-state index in [9.17, 15) is 0 Å². The van der Waals surface area contributed by atoms with Gasteiger partial charge in [-0.15, -0.1) is 0 Å². The van der Waals surface area contributed by atoms with Crippen LogP contribution in [0.3, 0.4) is 0 Å². The van der Waals surface area contributed by atoms with Gasteiger partial charge in [0.2, 0.25) is 5.71 Å². The minimum absolute atomic E-state index is 0.429. The van der Waals surface area contributed by atoms with Crippen molar-refractivity contribution >= 4 is 11.2 Å². The van der Waals surface area contributed by atoms with Gasteiger partial charge in [0.15, 0.2) is 0 Å². The molecule has 0 saturated carbocycles. The van der Waals surface area contributed by atoms with Crippen LogP contribution in [0, 0.1) is 6.92 Å². The van der Waals surface area contributed by atoms with E-state index in [2.05, 4.69) is 23.8 Å². The minimum atomic E-state index is 0.429. The van der Waals surface area contributed by atoms with Crippen LogP contribution in [0.25, 0.3) is 11.2 Å². The van der Waals surface area contributed by atoms with Gasteiger partial charge in [-0.1, -0.05) is 13.8 Å². The molecule has 2 heterocycles. The largest absolute Gasteiger partial charge is 0.441 e. The van der Waals surface area contributed by atoms with E-state index >= 15 is 0 Å². The van der Waals surface area contributed by atoms with Crippen molar-refractivity contribution in [2.45, 2.75) is 26.7 Å². The first-order valence-electron chi connectivity index (χ1n) is 4.40. The summed E-state index contributed by atoms with van der Waals surface area (Å²) < 4.78 is 5.49. The van der Waals surface area contributed by atoms with Gasteiger partial charge in [0.05, 0.1) is 0 Å². The lowest BCUT2D eigenvalue weighted by molar-refractivity contribution is 0.558. The van der Waals surface area contributed by atoms with Gasteiger partial charge in [-0.2, -0.15) is 0 Å². The van der Waals surface area contributed by atoms with E-state index in [1.54, 1.807) is 12.4 Å². The van der Waals surface area contributed by atoms with Gasteiger partial charge in [0, 0.05) is 18.0 Å². The Kier molecular flexibility index (Phi) is 1.79. The Balaban J connectivity index is 2.78. The maximum Gasteiger partial charge on any atom is 0.245 e. The van der Waals surface area contributed by atoms with Gasteiger partial charge in [-0.3, -0.25) is 0 Å². The van der Waals surface area contributed by atoms with Gasteiger partial charge < -0.3 is 4.42 Å². The zero-order valence-electron chi connectivity index (χ0n) is 8.03. The monoisotopic (exact) mass is 176 g/mol. The highest BCUT2D eigenvalue weighted by molar-refractivity contribution is 5.74. The SMILES string of the molecule is Cc1oc2nccnc2c1C(C)C. The first-order valence-corrected chi connectivity index (χ1v) is 4.40. The van der Waals surface area contributed by atoms with E-state index in [-0.39, 0.29) is 0 Å². The average molecular weight is 176 g/mol. The number of aromatic nitrogens is 2. The fraction of sp³-hybridized carbons (Fsp3) is 0.400. The van der Waals surface area contributed by atoms with Crippen LogP contribution in [0.5, 0.6) is 0 Å². The van der Waals surface area contributed by atoms with E-state index in [4.69, 9.17) is 4.42 Å². The molecule has 2 rings (SSSR count). The molecule has 3 nitrogen and oxygen atoms in total. The van der Waals surface area contributed by atoms with Crippen molar-refractivity contribution in [3.63, 3.8) is 0 Å². The lowest BCUT2D eigenvalue weighted by Crippen LogP contribution is -1.89. The molecule has 2 aromatic rings. The highest BCUT2D eigenvalue weighted by Gasteiger charge is 2.14. The van der Waals surface area contributed by atoms with Crippen LogP contribution in [0.1, 0.15) is 31.1 Å². The maximum absolute atomic E-state index is 5.49. The Morgan fingerprint density at radius 2 is 1.92 bits per heavy atom. The second-order valence-electron chi connectivity index (χ2n) is 3.44. The molecule has 2 aromatic heterocycles. The molecule has 0 radical (unpaired) electrons. The number of rotatable bonds is 1. The Morgan fingerprint density at radius 3 is 2.62 bits per heavy atom. The lowest BCUT2D eigenvalue weighted by atomic mass is 10.0. The third-order valence-electron chi connectivity index (χ3n) is 2.13. The number of nitrogens with zero attached hydrogens (tertiary/aromatic N) is 2. The van der Waals surface area contributed by atoms with Gasteiger partial charge in [-0.25, -0.2) is 9.97 Å². The molecule has 0 unspecified atom stereocenters. The van der Waals surface area contributed by atoms with Crippen molar-refractivity contribution in [3.05, 3.63) is 23.7 Å². The highest BCUT2D eigenvalue weighted by Crippen LogP contribution is 2.28. The fourth-order valence-corrected chi connectivity index (χ4v) is 1.63. The summed E-state index contributed by atoms with van der Waals surface area (Å²) in [5, 5.41) is 0. The first kappa shape index (κ1) is 8.23. The van der Waals surface area contributed by atoms with Crippen LogP contribution in [0.15, 0.2) is 16.8 Å². The number of aryl methyl sites for hydroxylation is 1. The molecule has 0 aromatic carbocycles. The Morgan fingerprint density at radius 1 is 1.23 bits per heavy atom. The molecule has 0 amide bonds. The summed E-state index contributed by atoms with van der Waals surface area (Å²) in [7, 11) is 0. The third-order valence-corrected chi connectivity index (χ3v) is 2.13. The van der Waals surface area contributed by atoms with Crippen molar-refractivity contribution < 1.29 is 4.42 Å². The third kappa shape index (κ3) is 1.20. The lowest BCUT2D eigenvalue weighted by Gasteiger charge is -2.00. The van der Waals surface area contributed by atoms with E-state index < -0.39 is 0 Å². The molecule has 0 bridgehead atoms. The summed E-state index contributed by atoms with van der Waals surface area (Å²) in [5.74, 6) is 1.36. The standard InChI is InChI=1S/C10H12N2O/c1-6(2)8-7(3)13-10-9(8)11-4-5-12-10/h4-6H,1-3H3. The molecule has 0 spiro atoms. The molecule has 0 aliphatic carbocycles. The molecule has 0 atom stereocenters. The quantitative estimate of drug-likeness (QED) is 0.670. The zero-order chi connectivity index (χ0) is 9.42. The maximum atomic E-state index is 5.49. The molecule has 0 saturated heterocycles. The van der Waals surface area contributed by atoms with Crippen molar-refractivity contribution in [2.24, 2.45) is 0 Å². The van der Waals surface area contributed by atoms with Crippen molar-refractivity contribution in [1.29, 1.82) is 0 Å². The Bertz CT molecular complexity index is 431. The Labute approximate surface area is 76.8 Å². The minimum Gasteiger partial charge on any atom is -0.441 e. The molecular formula is C10H12N2O. The number of hydrogen-bond acceptors (Lipinski definition) is 3. The van der Waals surface area contributed by atoms with E-state index in [1.165, 1.54) is 5.56 Å². The number of fused-ring (bicyclic) bond motifs is 1. The summed E-state index contributed by atoms with van der Waals surface area (Å²) in [6.07, 6.45) is 3.35. The van der Waals surface area contributed by atoms with Crippen molar-refractivity contribution in [3.8, 4) is 0 Å². The highest BCUT2D eigenvalue weighted by atomic mass is 16.3. The topological polar surface area (TPSA) is 38.9 Å². The Hall–Kier alpha value is -1.38. The molecule has 68 valence electrons. The predicted octanol–water partition coefficient (Wildman–Crippen LogP) is 2.65. The van der Waals surface area contributed by atoms with Crippen molar-refractivity contribution in [1.82, 2.24) is 9.97 Å². The predicted molar refractivity (Wildman–Crippen MR) is 50.6 cm³/mol. The molecule has 0 aliphatic rings. The number of furan rings is 1. The molecule has 13 heavy (non-hydrogen) atoms. The van der Waals surface area contributed by atoms with Crippen LogP contribution in [0.2, 0.25) is 0 Å². The van der Waals surface area contributed by atoms with Crippen LogP contribution in [0.4, 0.5) is 0 Å². The normalized spacial score (nSPS) is 11.4. The van der Waals surface area contributed by atoms with Crippen LogP contribution < -0.4 is 0 Å². The second-order valence-corrected chi connectivity index (χ2v) is 3.44. The van der Waals surface area contributed by atoms with Crippen LogP contribution >= 0.6 is 0 Å². The molecule has 0 fully saturated rings. The van der Waals surface area contributed by atoms with Crippen LogP contribution in [-0.4, -0.2) is 9.97 Å². The van der Waals surface area contributed by atoms with E-state index in [0.29, 0.717) is 11.6 Å². The molecule has 3 heteroatoms. The van der Waals surface area contributed by atoms with Gasteiger partial charge in [0.25, 0.3) is 0 Å². The first-order chi connectivity index (χ1) is 6.20.